The molecular weight excluding hydrogens is 344 g/mol. The van der Waals surface area contributed by atoms with Gasteiger partial charge in [-0.1, -0.05) is 12.1 Å². The highest BCUT2D eigenvalue weighted by molar-refractivity contribution is 9.10. The number of carbonyl (C=O) groups is 1. The van der Waals surface area contributed by atoms with E-state index in [9.17, 15) is 9.90 Å². The molecule has 0 aliphatic carbocycles. The van der Waals surface area contributed by atoms with Gasteiger partial charge in [-0.3, -0.25) is 10.1 Å². The lowest BCUT2D eigenvalue weighted by Gasteiger charge is -2.15. The summed E-state index contributed by atoms with van der Waals surface area (Å²) in [4.78, 5) is 11.7. The van der Waals surface area contributed by atoms with E-state index in [4.69, 9.17) is 4.74 Å². The van der Waals surface area contributed by atoms with E-state index in [1.165, 1.54) is 0 Å². The average Bonchev–Trinajstić information content (AvgIpc) is 2.98. The number of nitrogens with one attached hydrogen (secondary N) is 2. The van der Waals surface area contributed by atoms with Crippen molar-refractivity contribution >= 4 is 33.6 Å². The first kappa shape index (κ1) is 15.6. The molecule has 2 atom stereocenters. The van der Waals surface area contributed by atoms with Crippen LogP contribution in [-0.2, 0) is 4.79 Å². The van der Waals surface area contributed by atoms with Gasteiger partial charge in [-0.25, -0.2) is 0 Å². The number of thioether (sulfide) groups is 1. The number of halogens is 1. The van der Waals surface area contributed by atoms with E-state index in [1.807, 2.05) is 24.3 Å². The van der Waals surface area contributed by atoms with Gasteiger partial charge >= 0.3 is 0 Å². The molecule has 0 radical (unpaired) electrons. The first-order valence-corrected chi connectivity index (χ1v) is 8.26. The highest BCUT2D eigenvalue weighted by atomic mass is 79.9. The summed E-state index contributed by atoms with van der Waals surface area (Å²) in [6, 6.07) is 7.27. The second kappa shape index (κ2) is 7.87. The third-order valence-electron chi connectivity index (χ3n) is 2.81. The predicted molar refractivity (Wildman–Crippen MR) is 82.9 cm³/mol. The Morgan fingerprint density at radius 1 is 1.60 bits per heavy atom. The summed E-state index contributed by atoms with van der Waals surface area (Å²) in [7, 11) is 0. The Kier molecular flexibility index (Phi) is 6.15. The number of hydrogen-bond acceptors (Lipinski definition) is 5. The Morgan fingerprint density at radius 3 is 3.10 bits per heavy atom. The molecule has 2 unspecified atom stereocenters. The lowest BCUT2D eigenvalue weighted by molar-refractivity contribution is -0.122. The fraction of sp³-hybridized carbons (Fsp3) is 0.462. The predicted octanol–water partition coefficient (Wildman–Crippen LogP) is 0.967. The van der Waals surface area contributed by atoms with Crippen molar-refractivity contribution in [3.05, 3.63) is 28.7 Å². The van der Waals surface area contributed by atoms with Crippen LogP contribution in [0.25, 0.3) is 0 Å². The maximum absolute atomic E-state index is 11.7. The quantitative estimate of drug-likeness (QED) is 0.705. The molecule has 3 N–H and O–H groups in total. The number of benzene rings is 1. The van der Waals surface area contributed by atoms with Gasteiger partial charge in [0.15, 0.2) is 0 Å². The molecule has 5 nitrogen and oxygen atoms in total. The van der Waals surface area contributed by atoms with Crippen molar-refractivity contribution in [1.29, 1.82) is 0 Å². The third-order valence-corrected chi connectivity index (χ3v) is 4.41. The fourth-order valence-electron chi connectivity index (χ4n) is 1.71. The van der Waals surface area contributed by atoms with Gasteiger partial charge in [0.2, 0.25) is 5.91 Å². The Balaban J connectivity index is 1.69. The Morgan fingerprint density at radius 2 is 2.40 bits per heavy atom. The Hall–Kier alpha value is -0.760. The van der Waals surface area contributed by atoms with Gasteiger partial charge in [-0.2, -0.15) is 0 Å². The number of carbonyl (C=O) groups excluding carboxylic acids is 1. The van der Waals surface area contributed by atoms with Gasteiger partial charge in [0.25, 0.3) is 0 Å². The van der Waals surface area contributed by atoms with Crippen molar-refractivity contribution < 1.29 is 14.6 Å². The molecule has 1 saturated heterocycles. The molecule has 0 aromatic heterocycles. The zero-order valence-electron chi connectivity index (χ0n) is 10.8. The molecule has 1 fully saturated rings. The molecule has 1 aromatic rings. The second-order valence-corrected chi connectivity index (χ2v) is 6.30. The molecule has 7 heteroatoms. The van der Waals surface area contributed by atoms with E-state index >= 15 is 0 Å². The van der Waals surface area contributed by atoms with E-state index in [0.717, 1.165) is 16.1 Å². The summed E-state index contributed by atoms with van der Waals surface area (Å²) in [5, 5.41) is 15.6. The van der Waals surface area contributed by atoms with Gasteiger partial charge < -0.3 is 15.2 Å². The molecule has 1 amide bonds. The number of aliphatic hydroxyl groups excluding tert-OH is 1. The van der Waals surface area contributed by atoms with Crippen LogP contribution in [0.15, 0.2) is 28.7 Å². The van der Waals surface area contributed by atoms with Crippen molar-refractivity contribution in [2.24, 2.45) is 0 Å². The van der Waals surface area contributed by atoms with E-state index < -0.39 is 6.10 Å². The van der Waals surface area contributed by atoms with Gasteiger partial charge in [0.05, 0.1) is 10.5 Å². The molecule has 1 aromatic carbocycles. The van der Waals surface area contributed by atoms with E-state index in [2.05, 4.69) is 26.6 Å². The van der Waals surface area contributed by atoms with E-state index in [1.54, 1.807) is 11.8 Å². The van der Waals surface area contributed by atoms with Crippen LogP contribution < -0.4 is 15.4 Å². The lowest BCUT2D eigenvalue weighted by atomic mass is 10.3. The van der Waals surface area contributed by atoms with E-state index in [0.29, 0.717) is 5.75 Å². The SMILES string of the molecule is O=C(NCC(O)COc1ccccc1Br)C1CSCN1. The Bertz CT molecular complexity index is 455. The maximum atomic E-state index is 11.7. The van der Waals surface area contributed by atoms with Crippen LogP contribution in [0.4, 0.5) is 0 Å². The zero-order valence-corrected chi connectivity index (χ0v) is 13.2. The maximum Gasteiger partial charge on any atom is 0.238 e. The minimum Gasteiger partial charge on any atom is -0.490 e. The number of hydrogen-bond donors (Lipinski definition) is 3. The summed E-state index contributed by atoms with van der Waals surface area (Å²) in [5.41, 5.74) is 0. The van der Waals surface area contributed by atoms with Crippen LogP contribution in [0.5, 0.6) is 5.75 Å². The third kappa shape index (κ3) is 4.66. The number of rotatable bonds is 6. The highest BCUT2D eigenvalue weighted by Gasteiger charge is 2.22. The smallest absolute Gasteiger partial charge is 0.238 e. The number of para-hydroxylation sites is 1. The van der Waals surface area contributed by atoms with Gasteiger partial charge in [-0.05, 0) is 28.1 Å². The minimum absolute atomic E-state index is 0.0741. The molecule has 0 bridgehead atoms. The molecule has 0 saturated carbocycles. The number of ether oxygens (including phenoxy) is 1. The van der Waals surface area contributed by atoms with Crippen LogP contribution in [0.3, 0.4) is 0 Å². The summed E-state index contributed by atoms with van der Waals surface area (Å²) < 4.78 is 6.32. The molecule has 0 spiro atoms. The van der Waals surface area contributed by atoms with Gasteiger partial charge in [0, 0.05) is 18.2 Å². The molecule has 2 rings (SSSR count). The summed E-state index contributed by atoms with van der Waals surface area (Å²) in [6.45, 7) is 0.321. The average molecular weight is 361 g/mol. The first-order valence-electron chi connectivity index (χ1n) is 6.31. The second-order valence-electron chi connectivity index (χ2n) is 4.41. The summed E-state index contributed by atoms with van der Waals surface area (Å²) >= 11 is 5.06. The Labute approximate surface area is 130 Å². The van der Waals surface area contributed by atoms with Crippen LogP contribution in [-0.4, -0.2) is 47.9 Å². The topological polar surface area (TPSA) is 70.6 Å². The molecule has 1 aliphatic heterocycles. The van der Waals surface area contributed by atoms with Crippen molar-refractivity contribution in [3.63, 3.8) is 0 Å². The standard InChI is InChI=1S/C13H17BrN2O3S/c14-10-3-1-2-4-12(10)19-6-9(17)5-15-13(18)11-7-20-8-16-11/h1-4,9,11,16-17H,5-8H2,(H,15,18). The van der Waals surface area contributed by atoms with Crippen molar-refractivity contribution in [2.45, 2.75) is 12.1 Å². The van der Waals surface area contributed by atoms with Gasteiger partial charge in [-0.15, -0.1) is 11.8 Å². The van der Waals surface area contributed by atoms with Crippen molar-refractivity contribution in [1.82, 2.24) is 10.6 Å². The minimum atomic E-state index is -0.736. The molecule has 110 valence electrons. The molecule has 1 aliphatic rings. The van der Waals surface area contributed by atoms with Crippen molar-refractivity contribution in [2.75, 3.05) is 24.8 Å². The molecule has 20 heavy (non-hydrogen) atoms. The van der Waals surface area contributed by atoms with E-state index in [-0.39, 0.29) is 25.1 Å². The monoisotopic (exact) mass is 360 g/mol. The molecular formula is C13H17BrN2O3S. The van der Waals surface area contributed by atoms with Crippen LogP contribution >= 0.6 is 27.7 Å². The van der Waals surface area contributed by atoms with Crippen molar-refractivity contribution in [3.8, 4) is 5.75 Å². The molecule has 1 heterocycles. The fourth-order valence-corrected chi connectivity index (χ4v) is 3.05. The summed E-state index contributed by atoms with van der Waals surface area (Å²) in [5.74, 6) is 2.17. The number of amides is 1. The normalized spacial score (nSPS) is 19.6. The summed E-state index contributed by atoms with van der Waals surface area (Å²) in [6.07, 6.45) is -0.736. The number of aliphatic hydroxyl groups is 1. The zero-order chi connectivity index (χ0) is 14.4. The van der Waals surface area contributed by atoms with Crippen LogP contribution in [0, 0.1) is 0 Å². The van der Waals surface area contributed by atoms with Gasteiger partial charge in [0.1, 0.15) is 18.5 Å². The van der Waals surface area contributed by atoms with Crippen LogP contribution in [0.2, 0.25) is 0 Å². The largest absolute Gasteiger partial charge is 0.490 e. The first-order chi connectivity index (χ1) is 9.66. The van der Waals surface area contributed by atoms with Crippen LogP contribution in [0.1, 0.15) is 0 Å². The lowest BCUT2D eigenvalue weighted by Crippen LogP contribution is -2.45. The highest BCUT2D eigenvalue weighted by Crippen LogP contribution is 2.23.